The molecule has 0 radical (unpaired) electrons. The Bertz CT molecular complexity index is 596. The summed E-state index contributed by atoms with van der Waals surface area (Å²) in [5.41, 5.74) is -0.519. The summed E-state index contributed by atoms with van der Waals surface area (Å²) in [6, 6.07) is 2.49. The molecule has 0 aliphatic carbocycles. The lowest BCUT2D eigenvalue weighted by Crippen LogP contribution is -2.43. The first-order valence-corrected chi connectivity index (χ1v) is 7.53. The molecule has 1 aliphatic heterocycles. The quantitative estimate of drug-likeness (QED) is 0.818. The number of hydrogen-bond acceptors (Lipinski definition) is 3. The molecule has 0 saturated carbocycles. The molecule has 1 atom stereocenters. The normalized spacial score (nSPS) is 19.9. The molecule has 1 aromatic carbocycles. The summed E-state index contributed by atoms with van der Waals surface area (Å²) in [5, 5.41) is 2.74. The standard InChI is InChI=1S/C16H21ClFNO3/c1-15(2,3)22-14(20)19-11-8-16(4,5)21-13-9(11)6-7-10(18)12(13)17/h6-7,11H,8H2,1-5H3,(H,19,20). The van der Waals surface area contributed by atoms with Crippen LogP contribution in [-0.4, -0.2) is 17.3 Å². The third-order valence-electron chi connectivity index (χ3n) is 3.22. The van der Waals surface area contributed by atoms with Gasteiger partial charge in [0.05, 0.1) is 6.04 Å². The fraction of sp³-hybridized carbons (Fsp3) is 0.562. The molecule has 1 heterocycles. The van der Waals surface area contributed by atoms with Crippen molar-refractivity contribution in [1.82, 2.24) is 5.32 Å². The van der Waals surface area contributed by atoms with Gasteiger partial charge in [-0.25, -0.2) is 9.18 Å². The summed E-state index contributed by atoms with van der Waals surface area (Å²) in [6.45, 7) is 9.10. The van der Waals surface area contributed by atoms with Crippen LogP contribution in [-0.2, 0) is 4.74 Å². The smallest absolute Gasteiger partial charge is 0.408 e. The lowest BCUT2D eigenvalue weighted by atomic mass is 9.89. The van der Waals surface area contributed by atoms with Crippen molar-refractivity contribution in [2.75, 3.05) is 0 Å². The van der Waals surface area contributed by atoms with Crippen molar-refractivity contribution in [3.63, 3.8) is 0 Å². The second-order valence-corrected chi connectivity index (χ2v) is 7.42. The van der Waals surface area contributed by atoms with E-state index in [1.807, 2.05) is 13.8 Å². The van der Waals surface area contributed by atoms with Crippen molar-refractivity contribution in [1.29, 1.82) is 0 Å². The molecule has 2 rings (SSSR count). The van der Waals surface area contributed by atoms with Crippen LogP contribution in [0.5, 0.6) is 5.75 Å². The summed E-state index contributed by atoms with van der Waals surface area (Å²) >= 11 is 6.00. The number of benzene rings is 1. The molecule has 4 nitrogen and oxygen atoms in total. The molecule has 122 valence electrons. The highest BCUT2D eigenvalue weighted by molar-refractivity contribution is 6.32. The molecule has 1 aliphatic rings. The Hall–Kier alpha value is -1.49. The van der Waals surface area contributed by atoms with Gasteiger partial charge in [-0.2, -0.15) is 0 Å². The molecule has 1 N–H and O–H groups in total. The van der Waals surface area contributed by atoms with Crippen molar-refractivity contribution in [2.24, 2.45) is 0 Å². The summed E-state index contributed by atoms with van der Waals surface area (Å²) in [5.74, 6) is -0.270. The number of nitrogens with one attached hydrogen (secondary N) is 1. The number of carbonyl (C=O) groups is 1. The van der Waals surface area contributed by atoms with Crippen LogP contribution in [0.3, 0.4) is 0 Å². The van der Waals surface area contributed by atoms with Crippen LogP contribution in [0, 0.1) is 5.82 Å². The lowest BCUT2D eigenvalue weighted by Gasteiger charge is -2.38. The van der Waals surface area contributed by atoms with E-state index in [9.17, 15) is 9.18 Å². The van der Waals surface area contributed by atoms with Crippen LogP contribution in [0.15, 0.2) is 12.1 Å². The Morgan fingerprint density at radius 2 is 2.09 bits per heavy atom. The number of amides is 1. The van der Waals surface area contributed by atoms with Crippen molar-refractivity contribution < 1.29 is 18.7 Å². The third-order valence-corrected chi connectivity index (χ3v) is 3.57. The number of rotatable bonds is 1. The van der Waals surface area contributed by atoms with Crippen molar-refractivity contribution in [2.45, 2.75) is 58.3 Å². The molecular weight excluding hydrogens is 309 g/mol. The zero-order chi connectivity index (χ0) is 16.7. The Kier molecular flexibility index (Phi) is 4.30. The van der Waals surface area contributed by atoms with Crippen LogP contribution in [0.2, 0.25) is 5.02 Å². The minimum absolute atomic E-state index is 0.0683. The predicted octanol–water partition coefficient (Wildman–Crippen LogP) is 4.61. The molecule has 0 aromatic heterocycles. The fourth-order valence-corrected chi connectivity index (χ4v) is 2.63. The molecule has 1 aromatic rings. The summed E-state index contributed by atoms with van der Waals surface area (Å²) < 4.78 is 24.7. The Labute approximate surface area is 134 Å². The van der Waals surface area contributed by atoms with Crippen LogP contribution in [0.4, 0.5) is 9.18 Å². The fourth-order valence-electron chi connectivity index (χ4n) is 2.42. The maximum Gasteiger partial charge on any atom is 0.408 e. The number of carbonyl (C=O) groups excluding carboxylic acids is 1. The van der Waals surface area contributed by atoms with Gasteiger partial charge in [0.2, 0.25) is 0 Å². The van der Waals surface area contributed by atoms with Crippen LogP contribution in [0.25, 0.3) is 0 Å². The predicted molar refractivity (Wildman–Crippen MR) is 82.8 cm³/mol. The Morgan fingerprint density at radius 3 is 2.68 bits per heavy atom. The van der Waals surface area contributed by atoms with Gasteiger partial charge in [-0.05, 0) is 40.7 Å². The lowest BCUT2D eigenvalue weighted by molar-refractivity contribution is 0.0384. The second kappa shape index (κ2) is 5.61. The van der Waals surface area contributed by atoms with E-state index in [1.165, 1.54) is 6.07 Å². The van der Waals surface area contributed by atoms with E-state index in [0.29, 0.717) is 12.0 Å². The van der Waals surface area contributed by atoms with E-state index in [0.717, 1.165) is 0 Å². The van der Waals surface area contributed by atoms with Gasteiger partial charge in [-0.3, -0.25) is 0 Å². The van der Waals surface area contributed by atoms with Crippen molar-refractivity contribution in [3.8, 4) is 5.75 Å². The molecule has 0 bridgehead atoms. The zero-order valence-electron chi connectivity index (χ0n) is 13.4. The zero-order valence-corrected chi connectivity index (χ0v) is 14.2. The number of alkyl carbamates (subject to hydrolysis) is 1. The largest absolute Gasteiger partial charge is 0.486 e. The molecule has 6 heteroatoms. The molecule has 0 saturated heterocycles. The molecular formula is C16H21ClFNO3. The van der Waals surface area contributed by atoms with Gasteiger partial charge in [-0.15, -0.1) is 0 Å². The van der Waals surface area contributed by atoms with E-state index >= 15 is 0 Å². The monoisotopic (exact) mass is 329 g/mol. The SMILES string of the molecule is CC(C)(C)OC(=O)NC1CC(C)(C)Oc2c1ccc(F)c2Cl. The minimum atomic E-state index is -0.589. The van der Waals surface area contributed by atoms with Crippen molar-refractivity contribution in [3.05, 3.63) is 28.5 Å². The van der Waals surface area contributed by atoms with Crippen LogP contribution >= 0.6 is 11.6 Å². The van der Waals surface area contributed by atoms with Crippen LogP contribution in [0.1, 0.15) is 52.6 Å². The second-order valence-electron chi connectivity index (χ2n) is 7.04. The highest BCUT2D eigenvalue weighted by atomic mass is 35.5. The maximum atomic E-state index is 13.6. The third kappa shape index (κ3) is 3.83. The van der Waals surface area contributed by atoms with Gasteiger partial charge in [0.1, 0.15) is 27.8 Å². The first-order valence-electron chi connectivity index (χ1n) is 7.15. The average Bonchev–Trinajstić information content (AvgIpc) is 2.31. The van der Waals surface area contributed by atoms with Gasteiger partial charge in [0.25, 0.3) is 0 Å². The number of fused-ring (bicyclic) bond motifs is 1. The molecule has 1 unspecified atom stereocenters. The van der Waals surface area contributed by atoms with E-state index < -0.39 is 23.1 Å². The molecule has 1 amide bonds. The number of hydrogen-bond donors (Lipinski definition) is 1. The molecule has 0 fully saturated rings. The van der Waals surface area contributed by atoms with Gasteiger partial charge in [0.15, 0.2) is 0 Å². The van der Waals surface area contributed by atoms with Crippen molar-refractivity contribution >= 4 is 17.7 Å². The molecule has 0 spiro atoms. The highest BCUT2D eigenvalue weighted by Gasteiger charge is 2.37. The summed E-state index contributed by atoms with van der Waals surface area (Å²) in [7, 11) is 0. The minimum Gasteiger partial charge on any atom is -0.486 e. The molecule has 22 heavy (non-hydrogen) atoms. The number of halogens is 2. The van der Waals surface area contributed by atoms with E-state index in [4.69, 9.17) is 21.1 Å². The van der Waals surface area contributed by atoms with Gasteiger partial charge in [-0.1, -0.05) is 17.7 Å². The van der Waals surface area contributed by atoms with Crippen LogP contribution < -0.4 is 10.1 Å². The van der Waals surface area contributed by atoms with E-state index in [-0.39, 0.29) is 16.8 Å². The maximum absolute atomic E-state index is 13.6. The highest BCUT2D eigenvalue weighted by Crippen LogP contribution is 2.44. The van der Waals surface area contributed by atoms with E-state index in [1.54, 1.807) is 26.8 Å². The van der Waals surface area contributed by atoms with Gasteiger partial charge < -0.3 is 14.8 Å². The Balaban J connectivity index is 2.30. The summed E-state index contributed by atoms with van der Waals surface area (Å²) in [6.07, 6.45) is 0.00267. The summed E-state index contributed by atoms with van der Waals surface area (Å²) in [4.78, 5) is 12.0. The number of ether oxygens (including phenoxy) is 2. The Morgan fingerprint density at radius 1 is 1.45 bits per heavy atom. The topological polar surface area (TPSA) is 47.6 Å². The van der Waals surface area contributed by atoms with Gasteiger partial charge in [0, 0.05) is 12.0 Å². The first kappa shape index (κ1) is 16.9. The average molecular weight is 330 g/mol. The first-order chi connectivity index (χ1) is 9.98. The van der Waals surface area contributed by atoms with Gasteiger partial charge >= 0.3 is 6.09 Å². The van der Waals surface area contributed by atoms with E-state index in [2.05, 4.69) is 5.32 Å².